The lowest BCUT2D eigenvalue weighted by Gasteiger charge is -2.14. The summed E-state index contributed by atoms with van der Waals surface area (Å²) in [5.41, 5.74) is 12.0. The van der Waals surface area contributed by atoms with E-state index < -0.39 is 0 Å². The predicted molar refractivity (Wildman–Crippen MR) is 101 cm³/mol. The third-order valence-corrected chi connectivity index (χ3v) is 4.04. The fraction of sp³-hybridized carbons (Fsp3) is 0.286. The highest BCUT2D eigenvalue weighted by atomic mass is 14.8. The Morgan fingerprint density at radius 2 is 1.70 bits per heavy atom. The summed E-state index contributed by atoms with van der Waals surface area (Å²) in [5.74, 6) is 0.999. The van der Waals surface area contributed by atoms with Crippen LogP contribution in [-0.4, -0.2) is 5.71 Å². The zero-order valence-corrected chi connectivity index (χ0v) is 14.5. The van der Waals surface area contributed by atoms with Gasteiger partial charge in [-0.3, -0.25) is 0 Å². The molecule has 2 rings (SSSR count). The first-order chi connectivity index (χ1) is 10.9. The van der Waals surface area contributed by atoms with Gasteiger partial charge in [-0.25, -0.2) is 4.99 Å². The lowest BCUT2D eigenvalue weighted by atomic mass is 9.94. The number of hydrogen-bond donors (Lipinski definition) is 1. The van der Waals surface area contributed by atoms with Crippen molar-refractivity contribution in [2.45, 2.75) is 33.6 Å². The molecule has 0 spiro atoms. The van der Waals surface area contributed by atoms with Crippen molar-refractivity contribution in [3.8, 4) is 0 Å². The van der Waals surface area contributed by atoms with E-state index in [0.29, 0.717) is 11.8 Å². The molecule has 0 aliphatic heterocycles. The molecule has 2 nitrogen and oxygen atoms in total. The van der Waals surface area contributed by atoms with Gasteiger partial charge in [0, 0.05) is 11.8 Å². The Hall–Kier alpha value is -2.35. The Morgan fingerprint density at radius 3 is 2.17 bits per heavy atom. The molecule has 0 amide bonds. The molecular weight excluding hydrogens is 280 g/mol. The van der Waals surface area contributed by atoms with E-state index in [-0.39, 0.29) is 0 Å². The number of benzene rings is 1. The van der Waals surface area contributed by atoms with Crippen LogP contribution in [0.25, 0.3) is 5.70 Å². The van der Waals surface area contributed by atoms with Crippen LogP contribution in [0.15, 0.2) is 71.4 Å². The highest BCUT2D eigenvalue weighted by Gasteiger charge is 2.11. The summed E-state index contributed by atoms with van der Waals surface area (Å²) in [6.45, 7) is 12.8. The summed E-state index contributed by atoms with van der Waals surface area (Å²) in [5, 5.41) is 0. The molecule has 23 heavy (non-hydrogen) atoms. The summed E-state index contributed by atoms with van der Waals surface area (Å²) in [4.78, 5) is 4.70. The van der Waals surface area contributed by atoms with E-state index in [1.807, 2.05) is 6.08 Å². The van der Waals surface area contributed by atoms with Crippen molar-refractivity contribution in [1.29, 1.82) is 0 Å². The summed E-state index contributed by atoms with van der Waals surface area (Å²) in [6.07, 6.45) is 7.78. The topological polar surface area (TPSA) is 38.4 Å². The number of rotatable bonds is 4. The van der Waals surface area contributed by atoms with Crippen LogP contribution in [0.3, 0.4) is 0 Å². The average molecular weight is 306 g/mol. The van der Waals surface area contributed by atoms with Gasteiger partial charge in [-0.15, -0.1) is 0 Å². The second kappa shape index (κ2) is 7.28. The minimum atomic E-state index is 0.484. The van der Waals surface area contributed by atoms with Gasteiger partial charge in [0.15, 0.2) is 0 Å². The van der Waals surface area contributed by atoms with Crippen LogP contribution in [0.4, 0.5) is 0 Å². The highest BCUT2D eigenvalue weighted by molar-refractivity contribution is 6.13. The van der Waals surface area contributed by atoms with Crippen LogP contribution in [0.2, 0.25) is 0 Å². The van der Waals surface area contributed by atoms with Crippen molar-refractivity contribution >= 4 is 11.4 Å². The molecule has 0 bridgehead atoms. The predicted octanol–water partition coefficient (Wildman–Crippen LogP) is 5.22. The van der Waals surface area contributed by atoms with E-state index in [1.165, 1.54) is 11.1 Å². The number of allylic oxidation sites excluding steroid dienone is 5. The van der Waals surface area contributed by atoms with Crippen LogP contribution < -0.4 is 5.73 Å². The van der Waals surface area contributed by atoms with Gasteiger partial charge in [-0.2, -0.15) is 0 Å². The normalized spacial score (nSPS) is 17.3. The summed E-state index contributed by atoms with van der Waals surface area (Å²) in [7, 11) is 0. The molecule has 120 valence electrons. The largest absolute Gasteiger partial charge is 0.403 e. The Balaban J connectivity index is 2.27. The molecule has 1 aliphatic rings. The molecule has 1 aliphatic carbocycles. The fourth-order valence-corrected chi connectivity index (χ4v) is 2.44. The molecule has 2 N–H and O–H groups in total. The van der Waals surface area contributed by atoms with Crippen LogP contribution in [-0.2, 0) is 0 Å². The molecule has 0 fully saturated rings. The zero-order valence-electron chi connectivity index (χ0n) is 14.5. The average Bonchev–Trinajstić information content (AvgIpc) is 2.53. The third-order valence-electron chi connectivity index (χ3n) is 4.04. The molecule has 1 aromatic rings. The third kappa shape index (κ3) is 4.10. The van der Waals surface area contributed by atoms with Gasteiger partial charge >= 0.3 is 0 Å². The number of nitrogens with zero attached hydrogens (tertiary/aromatic N) is 1. The molecule has 0 heterocycles. The van der Waals surface area contributed by atoms with Crippen LogP contribution in [0, 0.1) is 5.92 Å². The quantitative estimate of drug-likeness (QED) is 0.814. The molecule has 1 aromatic carbocycles. The maximum atomic E-state index is 5.80. The molecule has 0 saturated heterocycles. The van der Waals surface area contributed by atoms with E-state index in [1.54, 1.807) is 6.20 Å². The van der Waals surface area contributed by atoms with Gasteiger partial charge < -0.3 is 5.73 Å². The number of nitrogens with two attached hydrogens (primary N) is 1. The summed E-state index contributed by atoms with van der Waals surface area (Å²) < 4.78 is 0. The van der Waals surface area contributed by atoms with Crippen molar-refractivity contribution in [2.75, 3.05) is 0 Å². The second-order valence-electron chi connectivity index (χ2n) is 6.48. The molecule has 0 aromatic heterocycles. The lowest BCUT2D eigenvalue weighted by Crippen LogP contribution is -2.05. The summed E-state index contributed by atoms with van der Waals surface area (Å²) in [6, 6.07) is 8.41. The first-order valence-electron chi connectivity index (χ1n) is 8.12. The Labute approximate surface area is 139 Å². The van der Waals surface area contributed by atoms with Gasteiger partial charge in [-0.1, -0.05) is 64.6 Å². The standard InChI is InChI=1S/C21H26N2/c1-14(2)17-6-8-18(9-7-17)21(13-22)23-20-11-10-19(15(3)4)12-16(20)5/h6-15H,5,22H2,1-4H3/b21-13-,23-20-. The maximum absolute atomic E-state index is 5.80. The van der Waals surface area contributed by atoms with E-state index in [9.17, 15) is 0 Å². The molecule has 0 saturated carbocycles. The van der Waals surface area contributed by atoms with Crippen molar-refractivity contribution in [3.05, 3.63) is 77.5 Å². The SMILES string of the molecule is C=C1C=C(C(C)C)C=C/C1=N/C(=C\N)c1ccc(C(C)C)cc1. The van der Waals surface area contributed by atoms with Crippen LogP contribution in [0.1, 0.15) is 44.7 Å². The van der Waals surface area contributed by atoms with E-state index in [4.69, 9.17) is 10.7 Å². The van der Waals surface area contributed by atoms with Crippen molar-refractivity contribution in [2.24, 2.45) is 16.6 Å². The summed E-state index contributed by atoms with van der Waals surface area (Å²) >= 11 is 0. The van der Waals surface area contributed by atoms with Crippen LogP contribution >= 0.6 is 0 Å². The van der Waals surface area contributed by atoms with Gasteiger partial charge in [0.2, 0.25) is 0 Å². The Kier molecular flexibility index (Phi) is 5.38. The van der Waals surface area contributed by atoms with Crippen molar-refractivity contribution in [1.82, 2.24) is 0 Å². The van der Waals surface area contributed by atoms with Crippen LogP contribution in [0.5, 0.6) is 0 Å². The molecular formula is C21H26N2. The maximum Gasteiger partial charge on any atom is 0.0863 e. The van der Waals surface area contributed by atoms with Gasteiger partial charge in [0.25, 0.3) is 0 Å². The van der Waals surface area contributed by atoms with Gasteiger partial charge in [-0.05, 0) is 40.7 Å². The van der Waals surface area contributed by atoms with E-state index in [2.05, 4.69) is 70.7 Å². The smallest absolute Gasteiger partial charge is 0.0863 e. The molecule has 2 heteroatoms. The monoisotopic (exact) mass is 306 g/mol. The Morgan fingerprint density at radius 1 is 1.04 bits per heavy atom. The second-order valence-corrected chi connectivity index (χ2v) is 6.48. The highest BCUT2D eigenvalue weighted by Crippen LogP contribution is 2.24. The zero-order chi connectivity index (χ0) is 17.0. The molecule has 0 atom stereocenters. The molecule has 0 unspecified atom stereocenters. The van der Waals surface area contributed by atoms with E-state index >= 15 is 0 Å². The number of hydrogen-bond acceptors (Lipinski definition) is 2. The lowest BCUT2D eigenvalue weighted by molar-refractivity contribution is 0.790. The van der Waals surface area contributed by atoms with E-state index in [0.717, 1.165) is 22.5 Å². The first-order valence-corrected chi connectivity index (χ1v) is 8.12. The molecule has 0 radical (unpaired) electrons. The van der Waals surface area contributed by atoms with Gasteiger partial charge in [0.1, 0.15) is 0 Å². The Bertz CT molecular complexity index is 696. The number of aliphatic imine (C=N–C) groups is 1. The first kappa shape index (κ1) is 17.0. The van der Waals surface area contributed by atoms with Crippen molar-refractivity contribution in [3.63, 3.8) is 0 Å². The fourth-order valence-electron chi connectivity index (χ4n) is 2.44. The minimum Gasteiger partial charge on any atom is -0.403 e. The van der Waals surface area contributed by atoms with Gasteiger partial charge in [0.05, 0.1) is 11.4 Å². The van der Waals surface area contributed by atoms with Crippen molar-refractivity contribution < 1.29 is 0 Å². The minimum absolute atomic E-state index is 0.484.